The number of nitrogens with zero attached hydrogens (tertiary/aromatic N) is 3. The molecule has 0 spiro atoms. The lowest BCUT2D eigenvalue weighted by Gasteiger charge is -2.31. The third-order valence-electron chi connectivity index (χ3n) is 3.69. The fourth-order valence-electron chi connectivity index (χ4n) is 2.46. The van der Waals surface area contributed by atoms with Crippen LogP contribution in [0.15, 0.2) is 36.7 Å². The van der Waals surface area contributed by atoms with E-state index in [1.54, 1.807) is 29.2 Å². The first-order valence-corrected chi connectivity index (χ1v) is 7.68. The summed E-state index contributed by atoms with van der Waals surface area (Å²) in [5.41, 5.74) is 0.621. The second-order valence-electron chi connectivity index (χ2n) is 5.30. The van der Waals surface area contributed by atoms with Gasteiger partial charge in [-0.3, -0.25) is 4.79 Å². The van der Waals surface area contributed by atoms with Crippen molar-refractivity contribution in [3.05, 3.63) is 53.1 Å². The van der Waals surface area contributed by atoms with Crippen LogP contribution in [0.1, 0.15) is 23.2 Å². The number of benzene rings is 1. The average molecular weight is 336 g/mol. The number of amides is 1. The Bertz CT molecular complexity index is 671. The molecular weight excluding hydrogens is 321 g/mol. The first kappa shape index (κ1) is 15.7. The number of piperidine rings is 1. The highest BCUT2D eigenvalue weighted by Crippen LogP contribution is 2.18. The van der Waals surface area contributed by atoms with Gasteiger partial charge in [0.15, 0.2) is 5.82 Å². The van der Waals surface area contributed by atoms with E-state index in [-0.39, 0.29) is 18.0 Å². The molecule has 1 amide bonds. The third kappa shape index (κ3) is 3.96. The van der Waals surface area contributed by atoms with Crippen LogP contribution < -0.4 is 4.74 Å². The number of rotatable bonds is 3. The number of ether oxygens (including phenoxy) is 1. The molecule has 2 aromatic rings. The van der Waals surface area contributed by atoms with E-state index < -0.39 is 5.82 Å². The number of likely N-dealkylation sites (tertiary alicyclic amines) is 1. The largest absolute Gasteiger partial charge is 0.460 e. The minimum absolute atomic E-state index is 0.0156. The molecule has 120 valence electrons. The summed E-state index contributed by atoms with van der Waals surface area (Å²) < 4.78 is 18.4. The molecule has 0 unspecified atom stereocenters. The molecule has 5 nitrogen and oxygen atoms in total. The fourth-order valence-corrected chi connectivity index (χ4v) is 2.59. The number of halogens is 2. The van der Waals surface area contributed by atoms with Crippen molar-refractivity contribution in [1.29, 1.82) is 0 Å². The molecule has 2 heterocycles. The molecule has 1 aliphatic rings. The molecule has 7 heteroatoms. The molecule has 23 heavy (non-hydrogen) atoms. The molecule has 1 aromatic heterocycles. The van der Waals surface area contributed by atoms with E-state index in [2.05, 4.69) is 9.97 Å². The van der Waals surface area contributed by atoms with Crippen molar-refractivity contribution in [2.24, 2.45) is 0 Å². The fraction of sp³-hybridized carbons (Fsp3) is 0.312. The second-order valence-corrected chi connectivity index (χ2v) is 5.74. The van der Waals surface area contributed by atoms with E-state index in [1.807, 2.05) is 0 Å². The van der Waals surface area contributed by atoms with Crippen molar-refractivity contribution in [2.45, 2.75) is 18.9 Å². The highest BCUT2D eigenvalue weighted by atomic mass is 35.5. The van der Waals surface area contributed by atoms with Crippen molar-refractivity contribution in [3.63, 3.8) is 0 Å². The maximum atomic E-state index is 12.8. The summed E-state index contributed by atoms with van der Waals surface area (Å²) >= 11 is 5.83. The van der Waals surface area contributed by atoms with Gasteiger partial charge in [0, 0.05) is 36.5 Å². The monoisotopic (exact) mass is 335 g/mol. The van der Waals surface area contributed by atoms with Crippen LogP contribution in [0.25, 0.3) is 0 Å². The molecule has 0 aliphatic carbocycles. The Labute approximate surface area is 138 Å². The van der Waals surface area contributed by atoms with Crippen LogP contribution in [-0.4, -0.2) is 40.0 Å². The molecule has 0 radical (unpaired) electrons. The summed E-state index contributed by atoms with van der Waals surface area (Å²) in [6.45, 7) is 1.18. The topological polar surface area (TPSA) is 55.3 Å². The van der Waals surface area contributed by atoms with Crippen LogP contribution in [0.5, 0.6) is 6.01 Å². The van der Waals surface area contributed by atoms with E-state index >= 15 is 0 Å². The van der Waals surface area contributed by atoms with Crippen LogP contribution in [0, 0.1) is 5.82 Å². The van der Waals surface area contributed by atoms with Gasteiger partial charge in [-0.25, -0.2) is 14.4 Å². The second kappa shape index (κ2) is 6.91. The van der Waals surface area contributed by atoms with Gasteiger partial charge in [0.1, 0.15) is 6.10 Å². The lowest BCUT2D eigenvalue weighted by atomic mass is 10.1. The molecule has 0 bridgehead atoms. The summed E-state index contributed by atoms with van der Waals surface area (Å²) in [4.78, 5) is 21.7. The third-order valence-corrected chi connectivity index (χ3v) is 3.94. The van der Waals surface area contributed by atoms with Gasteiger partial charge in [-0.2, -0.15) is 0 Å². The number of hydrogen-bond donors (Lipinski definition) is 0. The first-order valence-electron chi connectivity index (χ1n) is 7.31. The zero-order chi connectivity index (χ0) is 16.2. The van der Waals surface area contributed by atoms with Crippen LogP contribution in [0.2, 0.25) is 5.02 Å². The number of carbonyl (C=O) groups is 1. The van der Waals surface area contributed by atoms with E-state index in [1.165, 1.54) is 0 Å². The molecule has 1 aliphatic heterocycles. The van der Waals surface area contributed by atoms with Gasteiger partial charge >= 0.3 is 6.01 Å². The Kier molecular flexibility index (Phi) is 4.71. The van der Waals surface area contributed by atoms with Gasteiger partial charge in [-0.15, -0.1) is 0 Å². The quantitative estimate of drug-likeness (QED) is 0.865. The first-order chi connectivity index (χ1) is 11.1. The lowest BCUT2D eigenvalue weighted by Crippen LogP contribution is -2.41. The van der Waals surface area contributed by atoms with Gasteiger partial charge in [0.05, 0.1) is 12.4 Å². The van der Waals surface area contributed by atoms with Crippen LogP contribution in [-0.2, 0) is 0 Å². The van der Waals surface area contributed by atoms with E-state index in [0.29, 0.717) is 36.5 Å². The Hall–Kier alpha value is -2.21. The van der Waals surface area contributed by atoms with Gasteiger partial charge in [-0.05, 0) is 24.3 Å². The standard InChI is InChI=1S/C16H15ClFN3O2/c17-12-3-1-11(2-4-12)15(22)21-7-5-14(6-8-21)23-16-19-9-13(18)10-20-16/h1-4,9-10,14H,5-8H2. The normalized spacial score (nSPS) is 15.5. The summed E-state index contributed by atoms with van der Waals surface area (Å²) in [7, 11) is 0. The van der Waals surface area contributed by atoms with Gasteiger partial charge in [0.2, 0.25) is 0 Å². The summed E-state index contributed by atoms with van der Waals surface area (Å²) in [6, 6.07) is 7.01. The van der Waals surface area contributed by atoms with Crippen LogP contribution in [0.4, 0.5) is 4.39 Å². The maximum Gasteiger partial charge on any atom is 0.316 e. The summed E-state index contributed by atoms with van der Waals surface area (Å²) in [6.07, 6.45) is 3.43. The predicted octanol–water partition coefficient (Wildman–Crippen LogP) is 2.95. The molecule has 1 aromatic carbocycles. The van der Waals surface area contributed by atoms with Crippen LogP contribution in [0.3, 0.4) is 0 Å². The predicted molar refractivity (Wildman–Crippen MR) is 83.0 cm³/mol. The van der Waals surface area contributed by atoms with E-state index in [9.17, 15) is 9.18 Å². The van der Waals surface area contributed by atoms with Gasteiger partial charge in [0.25, 0.3) is 5.91 Å². The molecule has 0 N–H and O–H groups in total. The maximum absolute atomic E-state index is 12.8. The molecule has 0 atom stereocenters. The zero-order valence-electron chi connectivity index (χ0n) is 12.3. The Balaban J connectivity index is 1.54. The van der Waals surface area contributed by atoms with E-state index in [0.717, 1.165) is 12.4 Å². The number of hydrogen-bond acceptors (Lipinski definition) is 4. The molecular formula is C16H15ClFN3O2. The lowest BCUT2D eigenvalue weighted by molar-refractivity contribution is 0.0578. The Morgan fingerprint density at radius 3 is 2.39 bits per heavy atom. The summed E-state index contributed by atoms with van der Waals surface area (Å²) in [5, 5.41) is 0.605. The summed E-state index contributed by atoms with van der Waals surface area (Å²) in [5.74, 6) is -0.515. The number of aromatic nitrogens is 2. The zero-order valence-corrected chi connectivity index (χ0v) is 13.0. The Morgan fingerprint density at radius 2 is 1.78 bits per heavy atom. The van der Waals surface area contributed by atoms with Gasteiger partial charge < -0.3 is 9.64 Å². The number of carbonyl (C=O) groups excluding carboxylic acids is 1. The van der Waals surface area contributed by atoms with Crippen molar-refractivity contribution in [2.75, 3.05) is 13.1 Å². The highest BCUT2D eigenvalue weighted by Gasteiger charge is 2.25. The van der Waals surface area contributed by atoms with Crippen molar-refractivity contribution in [3.8, 4) is 6.01 Å². The van der Waals surface area contributed by atoms with Crippen molar-refractivity contribution < 1.29 is 13.9 Å². The smallest absolute Gasteiger partial charge is 0.316 e. The van der Waals surface area contributed by atoms with Crippen molar-refractivity contribution >= 4 is 17.5 Å². The van der Waals surface area contributed by atoms with Crippen LogP contribution >= 0.6 is 11.6 Å². The van der Waals surface area contributed by atoms with Crippen molar-refractivity contribution in [1.82, 2.24) is 14.9 Å². The molecule has 1 fully saturated rings. The Morgan fingerprint density at radius 1 is 1.17 bits per heavy atom. The average Bonchev–Trinajstić information content (AvgIpc) is 2.58. The SMILES string of the molecule is O=C(c1ccc(Cl)cc1)N1CCC(Oc2ncc(F)cn2)CC1. The minimum Gasteiger partial charge on any atom is -0.460 e. The van der Waals surface area contributed by atoms with Gasteiger partial charge in [-0.1, -0.05) is 11.6 Å². The molecule has 3 rings (SSSR count). The van der Waals surface area contributed by atoms with E-state index in [4.69, 9.17) is 16.3 Å². The highest BCUT2D eigenvalue weighted by molar-refractivity contribution is 6.30. The minimum atomic E-state index is -0.499. The molecule has 0 saturated carbocycles. The molecule has 1 saturated heterocycles.